The number of nitriles is 1. The molecule has 0 saturated heterocycles. The minimum atomic E-state index is -0.181. The number of aliphatic imine (C=N–C) groups is 1. The second-order valence-electron chi connectivity index (χ2n) is 6.04. The van der Waals surface area contributed by atoms with E-state index in [0.717, 1.165) is 11.1 Å². The predicted molar refractivity (Wildman–Crippen MR) is 107 cm³/mol. The Labute approximate surface area is 157 Å². The summed E-state index contributed by atoms with van der Waals surface area (Å²) in [7, 11) is 3.21. The van der Waals surface area contributed by atoms with Crippen LogP contribution >= 0.6 is 0 Å². The zero-order valence-electron chi connectivity index (χ0n) is 15.4. The van der Waals surface area contributed by atoms with Crippen molar-refractivity contribution >= 4 is 12.0 Å². The molecule has 0 aliphatic heterocycles. The van der Waals surface area contributed by atoms with Crippen molar-refractivity contribution in [2.75, 3.05) is 7.11 Å². The lowest BCUT2D eigenvalue weighted by Gasteiger charge is -2.14. The molecular weight excluding hydrogens is 338 g/mol. The molecule has 0 bridgehead atoms. The van der Waals surface area contributed by atoms with Crippen LogP contribution in [-0.2, 0) is 7.05 Å². The summed E-state index contributed by atoms with van der Waals surface area (Å²) in [6.07, 6.45) is 1.61. The predicted octanol–water partition coefficient (Wildman–Crippen LogP) is 3.99. The second-order valence-corrected chi connectivity index (χ2v) is 6.04. The molecule has 1 heterocycles. The zero-order chi connectivity index (χ0) is 19.4. The van der Waals surface area contributed by atoms with E-state index in [1.165, 1.54) is 4.57 Å². The molecule has 0 radical (unpaired) electrons. The molecule has 0 fully saturated rings. The lowest BCUT2D eigenvalue weighted by Crippen LogP contribution is -2.21. The van der Waals surface area contributed by atoms with Crippen molar-refractivity contribution < 1.29 is 4.74 Å². The van der Waals surface area contributed by atoms with E-state index in [0.29, 0.717) is 28.3 Å². The molecule has 0 aliphatic rings. The molecule has 134 valence electrons. The van der Waals surface area contributed by atoms with Gasteiger partial charge in [-0.05, 0) is 24.6 Å². The number of benzene rings is 2. The number of hydrogen-bond acceptors (Lipinski definition) is 4. The van der Waals surface area contributed by atoms with Crippen molar-refractivity contribution in [3.8, 4) is 22.9 Å². The highest BCUT2D eigenvalue weighted by Gasteiger charge is 2.18. The fourth-order valence-electron chi connectivity index (χ4n) is 3.05. The quantitative estimate of drug-likeness (QED) is 0.663. The van der Waals surface area contributed by atoms with Crippen LogP contribution in [0, 0.1) is 18.3 Å². The van der Waals surface area contributed by atoms with Gasteiger partial charge in [0, 0.05) is 30.0 Å². The van der Waals surface area contributed by atoms with Gasteiger partial charge >= 0.3 is 0 Å². The number of para-hydroxylation sites is 1. The number of rotatable bonds is 4. The maximum atomic E-state index is 12.7. The van der Waals surface area contributed by atoms with Gasteiger partial charge in [-0.25, -0.2) is 4.99 Å². The van der Waals surface area contributed by atoms with Crippen LogP contribution in [0.3, 0.4) is 0 Å². The Kier molecular flexibility index (Phi) is 5.18. The monoisotopic (exact) mass is 357 g/mol. The van der Waals surface area contributed by atoms with E-state index in [1.54, 1.807) is 27.3 Å². The molecule has 0 N–H and O–H groups in total. The molecule has 5 nitrogen and oxygen atoms in total. The SMILES string of the molecule is COc1ccccc1/C=N/c1c(C#N)c(-c2ccccc2)c(C)c(=O)n1C. The van der Waals surface area contributed by atoms with Crippen LogP contribution in [0.2, 0.25) is 0 Å². The third kappa shape index (κ3) is 3.38. The topological polar surface area (TPSA) is 67.4 Å². The fraction of sp³-hybridized carbons (Fsp3) is 0.136. The molecule has 0 amide bonds. The summed E-state index contributed by atoms with van der Waals surface area (Å²) in [5.41, 5.74) is 2.91. The van der Waals surface area contributed by atoms with Crippen LogP contribution < -0.4 is 10.3 Å². The highest BCUT2D eigenvalue weighted by atomic mass is 16.5. The third-order valence-corrected chi connectivity index (χ3v) is 4.43. The summed E-state index contributed by atoms with van der Waals surface area (Å²) in [6, 6.07) is 19.1. The average Bonchev–Trinajstić information content (AvgIpc) is 2.72. The van der Waals surface area contributed by atoms with Crippen molar-refractivity contribution in [2.45, 2.75) is 6.92 Å². The average molecular weight is 357 g/mol. The molecule has 5 heteroatoms. The first-order chi connectivity index (χ1) is 13.1. The smallest absolute Gasteiger partial charge is 0.255 e. The third-order valence-electron chi connectivity index (χ3n) is 4.43. The van der Waals surface area contributed by atoms with Crippen LogP contribution in [0.1, 0.15) is 16.7 Å². The maximum Gasteiger partial charge on any atom is 0.255 e. The van der Waals surface area contributed by atoms with Gasteiger partial charge < -0.3 is 4.74 Å². The lowest BCUT2D eigenvalue weighted by atomic mass is 9.97. The van der Waals surface area contributed by atoms with E-state index in [1.807, 2.05) is 54.6 Å². The molecule has 0 saturated carbocycles. The van der Waals surface area contributed by atoms with E-state index in [2.05, 4.69) is 11.1 Å². The van der Waals surface area contributed by atoms with E-state index in [-0.39, 0.29) is 5.56 Å². The van der Waals surface area contributed by atoms with Gasteiger partial charge in [-0.15, -0.1) is 0 Å². The van der Waals surface area contributed by atoms with Crippen molar-refractivity contribution in [2.24, 2.45) is 12.0 Å². The zero-order valence-corrected chi connectivity index (χ0v) is 15.4. The summed E-state index contributed by atoms with van der Waals surface area (Å²) in [4.78, 5) is 17.2. The molecule has 2 aromatic carbocycles. The normalized spacial score (nSPS) is 10.7. The molecule has 0 atom stereocenters. The number of hydrogen-bond donors (Lipinski definition) is 0. The lowest BCUT2D eigenvalue weighted by molar-refractivity contribution is 0.414. The molecule has 3 rings (SSSR count). The van der Waals surface area contributed by atoms with Gasteiger partial charge in [-0.1, -0.05) is 42.5 Å². The molecule has 0 aliphatic carbocycles. The molecule has 27 heavy (non-hydrogen) atoms. The molecule has 3 aromatic rings. The van der Waals surface area contributed by atoms with Crippen LogP contribution in [0.25, 0.3) is 11.1 Å². The first kappa shape index (κ1) is 18.2. The van der Waals surface area contributed by atoms with Gasteiger partial charge in [-0.3, -0.25) is 9.36 Å². The Hall–Kier alpha value is -3.65. The largest absolute Gasteiger partial charge is 0.496 e. The number of aromatic nitrogens is 1. The van der Waals surface area contributed by atoms with Crippen LogP contribution in [0.5, 0.6) is 5.75 Å². The van der Waals surface area contributed by atoms with E-state index < -0.39 is 0 Å². The van der Waals surface area contributed by atoms with Gasteiger partial charge in [0.1, 0.15) is 17.4 Å². The van der Waals surface area contributed by atoms with Gasteiger partial charge in [-0.2, -0.15) is 5.26 Å². The van der Waals surface area contributed by atoms with Crippen LogP contribution in [0.15, 0.2) is 64.4 Å². The summed E-state index contributed by atoms with van der Waals surface area (Å²) in [5, 5.41) is 9.83. The van der Waals surface area contributed by atoms with E-state index in [4.69, 9.17) is 4.74 Å². The Morgan fingerprint density at radius 1 is 1.11 bits per heavy atom. The van der Waals surface area contributed by atoms with Gasteiger partial charge in [0.2, 0.25) is 0 Å². The Balaban J connectivity index is 2.25. The number of ether oxygens (including phenoxy) is 1. The Bertz CT molecular complexity index is 1110. The summed E-state index contributed by atoms with van der Waals surface area (Å²) < 4.78 is 6.74. The van der Waals surface area contributed by atoms with Crippen LogP contribution in [-0.4, -0.2) is 17.9 Å². The summed E-state index contributed by atoms with van der Waals surface area (Å²) in [5.74, 6) is 0.984. The second kappa shape index (κ2) is 7.71. The summed E-state index contributed by atoms with van der Waals surface area (Å²) in [6.45, 7) is 1.74. The molecule has 0 unspecified atom stereocenters. The number of methoxy groups -OCH3 is 1. The number of nitrogens with zero attached hydrogens (tertiary/aromatic N) is 3. The van der Waals surface area contributed by atoms with Crippen LogP contribution in [0.4, 0.5) is 5.82 Å². The Morgan fingerprint density at radius 3 is 2.44 bits per heavy atom. The van der Waals surface area contributed by atoms with Gasteiger partial charge in [0.15, 0.2) is 5.82 Å². The van der Waals surface area contributed by atoms with Crippen molar-refractivity contribution in [1.82, 2.24) is 4.57 Å². The minimum absolute atomic E-state index is 0.181. The molecule has 1 aromatic heterocycles. The first-order valence-corrected chi connectivity index (χ1v) is 8.44. The van der Waals surface area contributed by atoms with Crippen molar-refractivity contribution in [3.63, 3.8) is 0 Å². The fourth-order valence-corrected chi connectivity index (χ4v) is 3.05. The minimum Gasteiger partial charge on any atom is -0.496 e. The molecular formula is C22H19N3O2. The van der Waals surface area contributed by atoms with Crippen molar-refractivity contribution in [1.29, 1.82) is 5.26 Å². The van der Waals surface area contributed by atoms with Gasteiger partial charge in [0.25, 0.3) is 5.56 Å². The maximum absolute atomic E-state index is 12.7. The van der Waals surface area contributed by atoms with Gasteiger partial charge in [0.05, 0.1) is 7.11 Å². The van der Waals surface area contributed by atoms with E-state index in [9.17, 15) is 10.1 Å². The first-order valence-electron chi connectivity index (χ1n) is 8.44. The number of pyridine rings is 1. The van der Waals surface area contributed by atoms with Crippen molar-refractivity contribution in [3.05, 3.63) is 81.6 Å². The highest BCUT2D eigenvalue weighted by Crippen LogP contribution is 2.31. The standard InChI is InChI=1S/C22H19N3O2/c1-15-20(16-9-5-4-6-10-16)18(13-23)21(25(2)22(15)26)24-14-17-11-7-8-12-19(17)27-3/h4-12,14H,1-3H3/b24-14+. The highest BCUT2D eigenvalue weighted by molar-refractivity contribution is 5.87. The van der Waals surface area contributed by atoms with E-state index >= 15 is 0 Å². The Morgan fingerprint density at radius 2 is 1.78 bits per heavy atom. The molecule has 0 spiro atoms. The summed E-state index contributed by atoms with van der Waals surface area (Å²) >= 11 is 0.